The largest absolute Gasteiger partial charge is 0.450 e. The quantitative estimate of drug-likeness (QED) is 0.816. The van der Waals surface area contributed by atoms with Gasteiger partial charge in [-0.1, -0.05) is 25.4 Å². The van der Waals surface area contributed by atoms with Gasteiger partial charge in [-0.3, -0.25) is 4.79 Å². The fourth-order valence-corrected chi connectivity index (χ4v) is 2.31. The number of carbonyl (C=O) groups is 2. The molecular formula is C17H20ClNO4. The average Bonchev–Trinajstić information content (AvgIpc) is 2.81. The molecule has 0 radical (unpaired) electrons. The Bertz CT molecular complexity index is 721. The number of benzene rings is 1. The van der Waals surface area contributed by atoms with Gasteiger partial charge in [0.05, 0.1) is 0 Å². The zero-order valence-electron chi connectivity index (χ0n) is 13.4. The maximum Gasteiger partial charge on any atom is 0.375 e. The maximum absolute atomic E-state index is 12.1. The molecule has 0 unspecified atom stereocenters. The van der Waals surface area contributed by atoms with Crippen LogP contribution in [0.15, 0.2) is 22.6 Å². The van der Waals surface area contributed by atoms with E-state index in [1.54, 1.807) is 25.1 Å². The monoisotopic (exact) mass is 337 g/mol. The number of amides is 1. The minimum atomic E-state index is -0.658. The van der Waals surface area contributed by atoms with Crippen LogP contribution in [-0.4, -0.2) is 25.0 Å². The van der Waals surface area contributed by atoms with Crippen molar-refractivity contribution in [1.29, 1.82) is 0 Å². The standard InChI is InChI=1S/C17H20ClNO4/c1-10(2)6-7-19-15(20)9-22-17(21)16-11(3)13-8-12(18)4-5-14(13)23-16/h4-5,8,10H,6-7,9H2,1-3H3,(H,19,20). The molecule has 1 heterocycles. The van der Waals surface area contributed by atoms with Crippen LogP contribution in [0.2, 0.25) is 5.02 Å². The molecule has 23 heavy (non-hydrogen) atoms. The van der Waals surface area contributed by atoms with Crippen LogP contribution >= 0.6 is 11.6 Å². The number of hydrogen-bond acceptors (Lipinski definition) is 4. The Morgan fingerprint density at radius 3 is 2.78 bits per heavy atom. The van der Waals surface area contributed by atoms with E-state index in [-0.39, 0.29) is 18.3 Å². The van der Waals surface area contributed by atoms with Gasteiger partial charge in [0.25, 0.3) is 5.91 Å². The third-order valence-corrected chi connectivity index (χ3v) is 3.70. The molecule has 0 spiro atoms. The van der Waals surface area contributed by atoms with Crippen molar-refractivity contribution in [3.8, 4) is 0 Å². The zero-order chi connectivity index (χ0) is 17.0. The van der Waals surface area contributed by atoms with Crippen LogP contribution in [0, 0.1) is 12.8 Å². The van der Waals surface area contributed by atoms with E-state index in [2.05, 4.69) is 19.2 Å². The van der Waals surface area contributed by atoms with E-state index in [1.165, 1.54) is 0 Å². The highest BCUT2D eigenvalue weighted by Crippen LogP contribution is 2.28. The van der Waals surface area contributed by atoms with Crippen molar-refractivity contribution < 1.29 is 18.7 Å². The predicted molar refractivity (Wildman–Crippen MR) is 88.7 cm³/mol. The number of ether oxygens (including phenoxy) is 1. The normalized spacial score (nSPS) is 11.0. The Balaban J connectivity index is 1.96. The maximum atomic E-state index is 12.1. The predicted octanol–water partition coefficient (Wildman–Crippen LogP) is 3.71. The smallest absolute Gasteiger partial charge is 0.375 e. The summed E-state index contributed by atoms with van der Waals surface area (Å²) in [6.07, 6.45) is 0.878. The average molecular weight is 338 g/mol. The van der Waals surface area contributed by atoms with Gasteiger partial charge >= 0.3 is 5.97 Å². The highest BCUT2D eigenvalue weighted by Gasteiger charge is 2.20. The SMILES string of the molecule is Cc1c(C(=O)OCC(=O)NCCC(C)C)oc2ccc(Cl)cc12. The number of rotatable bonds is 6. The molecule has 0 fully saturated rings. The first-order chi connectivity index (χ1) is 10.9. The fourth-order valence-electron chi connectivity index (χ4n) is 2.14. The van der Waals surface area contributed by atoms with Crippen molar-refractivity contribution in [2.75, 3.05) is 13.2 Å². The van der Waals surface area contributed by atoms with Crippen LogP contribution in [0.25, 0.3) is 11.0 Å². The van der Waals surface area contributed by atoms with E-state index in [0.717, 1.165) is 11.8 Å². The van der Waals surface area contributed by atoms with Crippen LogP contribution in [0.3, 0.4) is 0 Å². The molecule has 1 aromatic heterocycles. The second-order valence-corrected chi connectivity index (χ2v) is 6.24. The van der Waals surface area contributed by atoms with E-state index in [0.29, 0.717) is 28.6 Å². The van der Waals surface area contributed by atoms with Crippen molar-refractivity contribution in [2.45, 2.75) is 27.2 Å². The Morgan fingerprint density at radius 1 is 1.35 bits per heavy atom. The van der Waals surface area contributed by atoms with Crippen molar-refractivity contribution >= 4 is 34.4 Å². The second-order valence-electron chi connectivity index (χ2n) is 5.81. The minimum absolute atomic E-state index is 0.0947. The lowest BCUT2D eigenvalue weighted by Gasteiger charge is -2.07. The van der Waals surface area contributed by atoms with Gasteiger partial charge in [0.15, 0.2) is 6.61 Å². The van der Waals surface area contributed by atoms with Gasteiger partial charge in [0.2, 0.25) is 5.76 Å². The van der Waals surface area contributed by atoms with Crippen molar-refractivity contribution in [1.82, 2.24) is 5.32 Å². The van der Waals surface area contributed by atoms with Gasteiger partial charge in [0.1, 0.15) is 5.58 Å². The first-order valence-corrected chi connectivity index (χ1v) is 7.88. The summed E-state index contributed by atoms with van der Waals surface area (Å²) in [5.74, 6) is -0.384. The van der Waals surface area contributed by atoms with Gasteiger partial charge in [-0.15, -0.1) is 0 Å². The number of fused-ring (bicyclic) bond motifs is 1. The van der Waals surface area contributed by atoms with Gasteiger partial charge in [-0.2, -0.15) is 0 Å². The Kier molecular flexibility index (Phi) is 5.66. The molecule has 124 valence electrons. The van der Waals surface area contributed by atoms with E-state index in [9.17, 15) is 9.59 Å². The van der Waals surface area contributed by atoms with Crippen LogP contribution in [0.1, 0.15) is 36.4 Å². The molecule has 0 saturated carbocycles. The van der Waals surface area contributed by atoms with Crippen molar-refractivity contribution in [2.24, 2.45) is 5.92 Å². The molecule has 0 atom stereocenters. The van der Waals surface area contributed by atoms with Crippen LogP contribution in [0.5, 0.6) is 0 Å². The van der Waals surface area contributed by atoms with Crippen molar-refractivity contribution in [3.05, 3.63) is 34.5 Å². The number of hydrogen-bond donors (Lipinski definition) is 1. The third-order valence-electron chi connectivity index (χ3n) is 3.46. The van der Waals surface area contributed by atoms with Gasteiger partial charge in [-0.05, 0) is 37.5 Å². The molecule has 5 nitrogen and oxygen atoms in total. The first-order valence-electron chi connectivity index (χ1n) is 7.51. The lowest BCUT2D eigenvalue weighted by atomic mass is 10.1. The molecule has 2 rings (SSSR count). The summed E-state index contributed by atoms with van der Waals surface area (Å²) in [7, 11) is 0. The van der Waals surface area contributed by atoms with E-state index >= 15 is 0 Å². The molecule has 1 amide bonds. The summed E-state index contributed by atoms with van der Waals surface area (Å²) in [5, 5.41) is 4.02. The van der Waals surface area contributed by atoms with Gasteiger partial charge < -0.3 is 14.5 Å². The Hall–Kier alpha value is -2.01. The molecule has 1 N–H and O–H groups in total. The summed E-state index contributed by atoms with van der Waals surface area (Å²) in [5.41, 5.74) is 1.20. The lowest BCUT2D eigenvalue weighted by molar-refractivity contribution is -0.124. The number of carbonyl (C=O) groups excluding carboxylic acids is 2. The first kappa shape index (κ1) is 17.3. The number of aryl methyl sites for hydroxylation is 1. The van der Waals surface area contributed by atoms with Crippen LogP contribution in [0.4, 0.5) is 0 Å². The van der Waals surface area contributed by atoms with Gasteiger partial charge in [0, 0.05) is 22.5 Å². The van der Waals surface area contributed by atoms with Gasteiger partial charge in [-0.25, -0.2) is 4.79 Å². The number of esters is 1. The number of halogens is 1. The summed E-state index contributed by atoms with van der Waals surface area (Å²) in [6, 6.07) is 5.11. The fraction of sp³-hybridized carbons (Fsp3) is 0.412. The summed E-state index contributed by atoms with van der Waals surface area (Å²) in [6.45, 7) is 6.14. The zero-order valence-corrected chi connectivity index (χ0v) is 14.2. The molecule has 1 aromatic carbocycles. The second kappa shape index (κ2) is 7.51. The molecule has 0 aliphatic carbocycles. The molecule has 0 aliphatic heterocycles. The third kappa shape index (κ3) is 4.48. The highest BCUT2D eigenvalue weighted by molar-refractivity contribution is 6.31. The summed E-state index contributed by atoms with van der Waals surface area (Å²) in [4.78, 5) is 23.7. The van der Waals surface area contributed by atoms with E-state index in [1.807, 2.05) is 0 Å². The molecule has 6 heteroatoms. The molecule has 0 bridgehead atoms. The molecule has 0 saturated heterocycles. The molecule has 2 aromatic rings. The van der Waals surface area contributed by atoms with Crippen molar-refractivity contribution in [3.63, 3.8) is 0 Å². The number of furan rings is 1. The lowest BCUT2D eigenvalue weighted by Crippen LogP contribution is -2.30. The Morgan fingerprint density at radius 2 is 2.09 bits per heavy atom. The van der Waals surface area contributed by atoms with E-state index < -0.39 is 5.97 Å². The highest BCUT2D eigenvalue weighted by atomic mass is 35.5. The summed E-state index contributed by atoms with van der Waals surface area (Å²) >= 11 is 5.94. The van der Waals surface area contributed by atoms with E-state index in [4.69, 9.17) is 20.8 Å². The molecular weight excluding hydrogens is 318 g/mol. The topological polar surface area (TPSA) is 68.5 Å². The van der Waals surface area contributed by atoms with Crippen LogP contribution < -0.4 is 5.32 Å². The number of nitrogens with one attached hydrogen (secondary N) is 1. The van der Waals surface area contributed by atoms with Crippen LogP contribution in [-0.2, 0) is 9.53 Å². The molecule has 0 aliphatic rings. The summed E-state index contributed by atoms with van der Waals surface area (Å²) < 4.78 is 10.5. The minimum Gasteiger partial charge on any atom is -0.450 e. The Labute approximate surface area is 139 Å².